The first kappa shape index (κ1) is 16.8. The molecule has 1 saturated heterocycles. The van der Waals surface area contributed by atoms with Gasteiger partial charge < -0.3 is 10.2 Å². The molecule has 2 rings (SSSR count). The van der Waals surface area contributed by atoms with E-state index in [4.69, 9.17) is 5.26 Å². The number of hydrogen-bond donors (Lipinski definition) is 1. The summed E-state index contributed by atoms with van der Waals surface area (Å²) < 4.78 is 0. The van der Waals surface area contributed by atoms with Crippen molar-refractivity contribution in [3.8, 4) is 6.07 Å². The van der Waals surface area contributed by atoms with Gasteiger partial charge in [-0.3, -0.25) is 0 Å². The van der Waals surface area contributed by atoms with Crippen LogP contribution in [0.4, 0.5) is 5.69 Å². The quantitative estimate of drug-likeness (QED) is 0.817. The highest BCUT2D eigenvalue weighted by Gasteiger charge is 2.21. The standard InChI is InChI=1S/C19H29N3/c1-16(2)14-18(22-12-6-3-7-13-22)10-11-21-19-9-5-4-8-17(19)15-20/h4-5,8-9,16,18,21H,3,6-7,10-14H2,1-2H3. The zero-order chi connectivity index (χ0) is 15.8. The predicted molar refractivity (Wildman–Crippen MR) is 92.9 cm³/mol. The Bertz CT molecular complexity index is 484. The number of nitrogens with zero attached hydrogens (tertiary/aromatic N) is 2. The second-order valence-electron chi connectivity index (χ2n) is 6.75. The number of rotatable bonds is 7. The van der Waals surface area contributed by atoms with Crippen LogP contribution in [0.15, 0.2) is 24.3 Å². The molecule has 1 N–H and O–H groups in total. The molecule has 1 aromatic rings. The van der Waals surface area contributed by atoms with Gasteiger partial charge in [0.2, 0.25) is 0 Å². The highest BCUT2D eigenvalue weighted by atomic mass is 15.2. The summed E-state index contributed by atoms with van der Waals surface area (Å²) in [7, 11) is 0. The summed E-state index contributed by atoms with van der Waals surface area (Å²) in [5.41, 5.74) is 1.70. The SMILES string of the molecule is CC(C)CC(CCNc1ccccc1C#N)N1CCCCC1. The lowest BCUT2D eigenvalue weighted by atomic mass is 9.97. The Labute approximate surface area is 135 Å². The highest BCUT2D eigenvalue weighted by molar-refractivity contribution is 5.57. The molecule has 3 heteroatoms. The molecule has 1 aromatic carbocycles. The highest BCUT2D eigenvalue weighted by Crippen LogP contribution is 2.21. The van der Waals surface area contributed by atoms with Gasteiger partial charge in [-0.05, 0) is 56.8 Å². The van der Waals surface area contributed by atoms with E-state index in [-0.39, 0.29) is 0 Å². The van der Waals surface area contributed by atoms with E-state index in [1.54, 1.807) is 0 Å². The van der Waals surface area contributed by atoms with E-state index in [1.807, 2.05) is 24.3 Å². The first-order valence-corrected chi connectivity index (χ1v) is 8.67. The van der Waals surface area contributed by atoms with E-state index in [0.29, 0.717) is 6.04 Å². The maximum Gasteiger partial charge on any atom is 0.101 e. The molecule has 120 valence electrons. The zero-order valence-electron chi connectivity index (χ0n) is 14.0. The van der Waals surface area contributed by atoms with Gasteiger partial charge >= 0.3 is 0 Å². The van der Waals surface area contributed by atoms with Crippen LogP contribution in [0.1, 0.15) is 51.5 Å². The summed E-state index contributed by atoms with van der Waals surface area (Å²) in [4.78, 5) is 2.68. The lowest BCUT2D eigenvalue weighted by Gasteiger charge is -2.35. The molecular weight excluding hydrogens is 270 g/mol. The van der Waals surface area contributed by atoms with Crippen LogP contribution in [0.3, 0.4) is 0 Å². The molecule has 1 unspecified atom stereocenters. The number of likely N-dealkylation sites (tertiary alicyclic amines) is 1. The van der Waals surface area contributed by atoms with E-state index in [0.717, 1.165) is 30.1 Å². The minimum absolute atomic E-state index is 0.669. The van der Waals surface area contributed by atoms with Gasteiger partial charge in [0.05, 0.1) is 11.3 Å². The Morgan fingerprint density at radius 2 is 1.91 bits per heavy atom. The van der Waals surface area contributed by atoms with Gasteiger partial charge in [0.15, 0.2) is 0 Å². The van der Waals surface area contributed by atoms with E-state index in [1.165, 1.54) is 38.8 Å². The van der Waals surface area contributed by atoms with Crippen molar-refractivity contribution in [1.82, 2.24) is 4.90 Å². The van der Waals surface area contributed by atoms with Crippen molar-refractivity contribution in [2.45, 2.75) is 52.0 Å². The largest absolute Gasteiger partial charge is 0.384 e. The average molecular weight is 299 g/mol. The van der Waals surface area contributed by atoms with Crippen LogP contribution < -0.4 is 5.32 Å². The van der Waals surface area contributed by atoms with Crippen LogP contribution >= 0.6 is 0 Å². The Hall–Kier alpha value is -1.53. The zero-order valence-corrected chi connectivity index (χ0v) is 14.0. The van der Waals surface area contributed by atoms with Crippen LogP contribution in [0, 0.1) is 17.2 Å². The normalized spacial score (nSPS) is 17.2. The molecule has 0 bridgehead atoms. The number of benzene rings is 1. The molecule has 3 nitrogen and oxygen atoms in total. The summed E-state index contributed by atoms with van der Waals surface area (Å²) in [5.74, 6) is 0.735. The third-order valence-electron chi connectivity index (χ3n) is 4.49. The maximum atomic E-state index is 9.15. The van der Waals surface area contributed by atoms with Gasteiger partial charge in [-0.2, -0.15) is 5.26 Å². The fourth-order valence-corrected chi connectivity index (χ4v) is 3.39. The second-order valence-corrected chi connectivity index (χ2v) is 6.75. The van der Waals surface area contributed by atoms with Gasteiger partial charge in [-0.1, -0.05) is 32.4 Å². The Morgan fingerprint density at radius 1 is 1.18 bits per heavy atom. The predicted octanol–water partition coefficient (Wildman–Crippen LogP) is 4.26. The summed E-state index contributed by atoms with van der Waals surface area (Å²) >= 11 is 0. The Morgan fingerprint density at radius 3 is 2.59 bits per heavy atom. The van der Waals surface area contributed by atoms with E-state index in [2.05, 4.69) is 30.1 Å². The summed E-state index contributed by atoms with van der Waals surface area (Å²) in [6.07, 6.45) is 6.50. The van der Waals surface area contributed by atoms with Gasteiger partial charge in [0.1, 0.15) is 6.07 Å². The summed E-state index contributed by atoms with van der Waals surface area (Å²) in [6, 6.07) is 10.7. The molecule has 22 heavy (non-hydrogen) atoms. The topological polar surface area (TPSA) is 39.1 Å². The van der Waals surface area contributed by atoms with Crippen LogP contribution in [0.25, 0.3) is 0 Å². The van der Waals surface area contributed by atoms with Gasteiger partial charge in [0.25, 0.3) is 0 Å². The van der Waals surface area contributed by atoms with Gasteiger partial charge in [-0.25, -0.2) is 0 Å². The van der Waals surface area contributed by atoms with Crippen LogP contribution in [-0.2, 0) is 0 Å². The van der Waals surface area contributed by atoms with Crippen LogP contribution in [0.5, 0.6) is 0 Å². The molecule has 0 spiro atoms. The minimum Gasteiger partial charge on any atom is -0.384 e. The average Bonchev–Trinajstić information content (AvgIpc) is 2.55. The number of anilines is 1. The van der Waals surface area contributed by atoms with E-state index in [9.17, 15) is 0 Å². The fourth-order valence-electron chi connectivity index (χ4n) is 3.39. The molecule has 1 atom stereocenters. The Kier molecular flexibility index (Phi) is 6.74. The molecule has 1 aliphatic heterocycles. The Balaban J connectivity index is 1.89. The first-order chi connectivity index (χ1) is 10.7. The molecule has 0 aliphatic carbocycles. The number of para-hydroxylation sites is 1. The number of nitrogens with one attached hydrogen (secondary N) is 1. The van der Waals surface area contributed by atoms with Gasteiger partial charge in [0, 0.05) is 12.6 Å². The number of piperidine rings is 1. The third kappa shape index (κ3) is 5.03. The number of hydrogen-bond acceptors (Lipinski definition) is 3. The monoisotopic (exact) mass is 299 g/mol. The minimum atomic E-state index is 0.669. The summed E-state index contributed by atoms with van der Waals surface area (Å²) in [6.45, 7) is 8.08. The molecule has 0 saturated carbocycles. The van der Waals surface area contributed by atoms with Crippen LogP contribution in [0.2, 0.25) is 0 Å². The van der Waals surface area contributed by atoms with Crippen molar-refractivity contribution in [2.75, 3.05) is 25.0 Å². The molecule has 1 aliphatic rings. The van der Waals surface area contributed by atoms with Crippen molar-refractivity contribution in [1.29, 1.82) is 5.26 Å². The second kappa shape index (κ2) is 8.80. The molecule has 1 heterocycles. The van der Waals surface area contributed by atoms with Crippen molar-refractivity contribution in [3.63, 3.8) is 0 Å². The van der Waals surface area contributed by atoms with Crippen molar-refractivity contribution >= 4 is 5.69 Å². The number of nitriles is 1. The first-order valence-electron chi connectivity index (χ1n) is 8.67. The smallest absolute Gasteiger partial charge is 0.101 e. The van der Waals surface area contributed by atoms with E-state index >= 15 is 0 Å². The van der Waals surface area contributed by atoms with Gasteiger partial charge in [-0.15, -0.1) is 0 Å². The van der Waals surface area contributed by atoms with Crippen molar-refractivity contribution in [3.05, 3.63) is 29.8 Å². The molecule has 0 aromatic heterocycles. The van der Waals surface area contributed by atoms with E-state index < -0.39 is 0 Å². The molecular formula is C19H29N3. The van der Waals surface area contributed by atoms with Crippen molar-refractivity contribution in [2.24, 2.45) is 5.92 Å². The molecule has 0 radical (unpaired) electrons. The maximum absolute atomic E-state index is 9.15. The van der Waals surface area contributed by atoms with Crippen LogP contribution in [-0.4, -0.2) is 30.6 Å². The van der Waals surface area contributed by atoms with Crippen molar-refractivity contribution < 1.29 is 0 Å². The molecule has 1 fully saturated rings. The molecule has 0 amide bonds. The fraction of sp³-hybridized carbons (Fsp3) is 0.632. The third-order valence-corrected chi connectivity index (χ3v) is 4.49. The lowest BCUT2D eigenvalue weighted by Crippen LogP contribution is -2.41. The lowest BCUT2D eigenvalue weighted by molar-refractivity contribution is 0.139. The summed E-state index contributed by atoms with van der Waals surface area (Å²) in [5, 5.41) is 12.6.